The maximum Gasteiger partial charge on any atom is 0.300 e. The Hall–Kier alpha value is -3.79. The highest BCUT2D eigenvalue weighted by Gasteiger charge is 2.27. The van der Waals surface area contributed by atoms with Gasteiger partial charge in [0.2, 0.25) is 0 Å². The fraction of sp³-hybridized carbons (Fsp3) is 0. The Morgan fingerprint density at radius 2 is 1.39 bits per heavy atom. The first kappa shape index (κ1) is 19.0. The summed E-state index contributed by atoms with van der Waals surface area (Å²) in [5.41, 5.74) is -0.896. The van der Waals surface area contributed by atoms with Crippen LogP contribution in [0.3, 0.4) is 0 Å². The Bertz CT molecular complexity index is 1210. The monoisotopic (exact) mass is 399 g/mol. The van der Waals surface area contributed by atoms with E-state index in [1.54, 1.807) is 30.3 Å². The minimum atomic E-state index is -4.12. The van der Waals surface area contributed by atoms with E-state index in [0.717, 1.165) is 11.5 Å². The molecule has 0 radical (unpaired) electrons. The van der Waals surface area contributed by atoms with Gasteiger partial charge in [-0.25, -0.2) is 8.42 Å². The minimum absolute atomic E-state index is 0.0556. The molecule has 3 aromatic rings. The molecule has 0 saturated heterocycles. The van der Waals surface area contributed by atoms with E-state index in [2.05, 4.69) is 4.72 Å². The quantitative estimate of drug-likeness (QED) is 0.491. The van der Waals surface area contributed by atoms with Gasteiger partial charge in [-0.2, -0.15) is 0 Å². The summed E-state index contributed by atoms with van der Waals surface area (Å²) in [4.78, 5) is 21.1. The SMILES string of the molecule is O=[N+]([O-])c1cc([N+](=O)[O-])c2ccccc2c1NS(=O)(=O)C=Cc1ccccc1. The normalized spacial score (nSPS) is 11.6. The molecule has 28 heavy (non-hydrogen) atoms. The fourth-order valence-electron chi connectivity index (χ4n) is 2.65. The van der Waals surface area contributed by atoms with Crippen LogP contribution in [0.2, 0.25) is 0 Å². The zero-order valence-corrected chi connectivity index (χ0v) is 15.0. The lowest BCUT2D eigenvalue weighted by Crippen LogP contribution is -2.11. The van der Waals surface area contributed by atoms with Crippen molar-refractivity contribution >= 4 is 43.9 Å². The molecule has 0 aliphatic heterocycles. The van der Waals surface area contributed by atoms with Crippen LogP contribution in [0.25, 0.3) is 16.8 Å². The Labute approximate surface area is 159 Å². The third kappa shape index (κ3) is 3.96. The number of fused-ring (bicyclic) bond motifs is 1. The topological polar surface area (TPSA) is 132 Å². The van der Waals surface area contributed by atoms with E-state index in [1.165, 1.54) is 30.3 Å². The van der Waals surface area contributed by atoms with Crippen molar-refractivity contribution in [3.05, 3.63) is 91.9 Å². The van der Waals surface area contributed by atoms with Crippen molar-refractivity contribution in [2.45, 2.75) is 0 Å². The number of nitrogens with one attached hydrogen (secondary N) is 1. The van der Waals surface area contributed by atoms with Crippen molar-refractivity contribution in [1.29, 1.82) is 0 Å². The smallest absolute Gasteiger partial charge is 0.273 e. The van der Waals surface area contributed by atoms with Crippen molar-refractivity contribution in [3.8, 4) is 0 Å². The van der Waals surface area contributed by atoms with Crippen LogP contribution in [0, 0.1) is 20.2 Å². The van der Waals surface area contributed by atoms with Gasteiger partial charge in [-0.1, -0.05) is 48.5 Å². The number of anilines is 1. The van der Waals surface area contributed by atoms with Gasteiger partial charge >= 0.3 is 5.69 Å². The highest BCUT2D eigenvalue weighted by molar-refractivity contribution is 7.95. The molecule has 0 bridgehead atoms. The minimum Gasteiger partial charge on any atom is -0.273 e. The van der Waals surface area contributed by atoms with Gasteiger partial charge in [0.15, 0.2) is 0 Å². The van der Waals surface area contributed by atoms with Gasteiger partial charge in [-0.15, -0.1) is 0 Å². The number of non-ortho nitro benzene ring substituents is 1. The Morgan fingerprint density at radius 1 is 0.821 bits per heavy atom. The maximum absolute atomic E-state index is 12.5. The second-order valence-corrected chi connectivity index (χ2v) is 7.28. The molecular weight excluding hydrogens is 386 g/mol. The molecule has 0 spiro atoms. The molecule has 0 aromatic heterocycles. The van der Waals surface area contributed by atoms with Gasteiger partial charge < -0.3 is 0 Å². The summed E-state index contributed by atoms with van der Waals surface area (Å²) in [7, 11) is -4.12. The van der Waals surface area contributed by atoms with Gasteiger partial charge in [-0.3, -0.25) is 25.0 Å². The van der Waals surface area contributed by atoms with Crippen LogP contribution >= 0.6 is 0 Å². The molecule has 1 N–H and O–H groups in total. The number of hydrogen-bond acceptors (Lipinski definition) is 6. The molecule has 10 heteroatoms. The van der Waals surface area contributed by atoms with E-state index in [0.29, 0.717) is 5.56 Å². The summed E-state index contributed by atoms with van der Waals surface area (Å²) in [5.74, 6) is 0. The first-order valence-corrected chi connectivity index (χ1v) is 9.43. The second kappa shape index (κ2) is 7.45. The van der Waals surface area contributed by atoms with Crippen LogP contribution in [0.4, 0.5) is 17.1 Å². The molecule has 3 aromatic carbocycles. The third-order valence-electron chi connectivity index (χ3n) is 3.88. The van der Waals surface area contributed by atoms with Crippen LogP contribution in [0.5, 0.6) is 0 Å². The number of benzene rings is 3. The van der Waals surface area contributed by atoms with Crippen molar-refractivity contribution in [2.75, 3.05) is 4.72 Å². The largest absolute Gasteiger partial charge is 0.300 e. The summed E-state index contributed by atoms with van der Waals surface area (Å²) >= 11 is 0. The lowest BCUT2D eigenvalue weighted by molar-refractivity contribution is -0.392. The van der Waals surface area contributed by atoms with E-state index >= 15 is 0 Å². The predicted octanol–water partition coefficient (Wildman–Crippen LogP) is 4.07. The lowest BCUT2D eigenvalue weighted by Gasteiger charge is -2.10. The zero-order valence-electron chi connectivity index (χ0n) is 14.2. The highest BCUT2D eigenvalue weighted by Crippen LogP contribution is 2.39. The zero-order chi connectivity index (χ0) is 20.3. The first-order chi connectivity index (χ1) is 13.3. The van der Waals surface area contributed by atoms with Crippen LogP contribution in [-0.4, -0.2) is 18.3 Å². The molecule has 0 atom stereocenters. The number of sulfonamides is 1. The van der Waals surface area contributed by atoms with Gasteiger partial charge in [-0.05, 0) is 17.7 Å². The summed E-state index contributed by atoms with van der Waals surface area (Å²) in [6.07, 6.45) is 1.34. The van der Waals surface area contributed by atoms with E-state index in [1.807, 2.05) is 0 Å². The van der Waals surface area contributed by atoms with Crippen molar-refractivity contribution in [3.63, 3.8) is 0 Å². The van der Waals surface area contributed by atoms with Gasteiger partial charge in [0.25, 0.3) is 15.7 Å². The van der Waals surface area contributed by atoms with Crippen LogP contribution < -0.4 is 4.72 Å². The molecule has 0 aliphatic carbocycles. The van der Waals surface area contributed by atoms with E-state index in [9.17, 15) is 28.6 Å². The van der Waals surface area contributed by atoms with Gasteiger partial charge in [0, 0.05) is 5.39 Å². The van der Waals surface area contributed by atoms with Crippen LogP contribution in [0.15, 0.2) is 66.1 Å². The van der Waals surface area contributed by atoms with Crippen LogP contribution in [-0.2, 0) is 10.0 Å². The van der Waals surface area contributed by atoms with Crippen molar-refractivity contribution in [2.24, 2.45) is 0 Å². The molecular formula is C18H13N3O6S. The van der Waals surface area contributed by atoms with Gasteiger partial charge in [0.05, 0.1) is 26.7 Å². The average molecular weight is 399 g/mol. The lowest BCUT2D eigenvalue weighted by atomic mass is 10.1. The predicted molar refractivity (Wildman–Crippen MR) is 105 cm³/mol. The van der Waals surface area contributed by atoms with E-state index < -0.39 is 31.2 Å². The van der Waals surface area contributed by atoms with Crippen LogP contribution in [0.1, 0.15) is 5.56 Å². The molecule has 0 heterocycles. The summed E-state index contributed by atoms with van der Waals surface area (Å²) < 4.78 is 27.1. The Balaban J connectivity index is 2.13. The van der Waals surface area contributed by atoms with E-state index in [4.69, 9.17) is 0 Å². The number of nitro benzene ring substituents is 2. The maximum atomic E-state index is 12.5. The summed E-state index contributed by atoms with van der Waals surface area (Å²) in [6, 6.07) is 15.2. The molecule has 3 rings (SSSR count). The van der Waals surface area contributed by atoms with E-state index in [-0.39, 0.29) is 16.5 Å². The van der Waals surface area contributed by atoms with Gasteiger partial charge in [0.1, 0.15) is 5.69 Å². The molecule has 0 saturated carbocycles. The summed E-state index contributed by atoms with van der Waals surface area (Å²) in [5, 5.41) is 23.7. The second-order valence-electron chi connectivity index (χ2n) is 5.71. The molecule has 9 nitrogen and oxygen atoms in total. The molecule has 0 amide bonds. The molecule has 0 unspecified atom stereocenters. The number of nitrogens with zero attached hydrogens (tertiary/aromatic N) is 2. The number of nitro groups is 2. The average Bonchev–Trinajstić information content (AvgIpc) is 2.67. The molecule has 0 aliphatic rings. The highest BCUT2D eigenvalue weighted by atomic mass is 32.2. The fourth-order valence-corrected chi connectivity index (χ4v) is 3.56. The standard InChI is InChI=1S/C18H13N3O6S/c22-20(23)16-12-17(21(24)25)18(15-9-5-4-8-14(15)16)19-28(26,27)11-10-13-6-2-1-3-7-13/h1-12,19H. The Morgan fingerprint density at radius 3 is 2.00 bits per heavy atom. The number of hydrogen-bond donors (Lipinski definition) is 1. The van der Waals surface area contributed by atoms with Crippen molar-refractivity contribution < 1.29 is 18.3 Å². The first-order valence-electron chi connectivity index (χ1n) is 7.89. The third-order valence-corrected chi connectivity index (χ3v) is 4.86. The van der Waals surface area contributed by atoms with Crippen molar-refractivity contribution in [1.82, 2.24) is 0 Å². The summed E-state index contributed by atoms with van der Waals surface area (Å²) in [6.45, 7) is 0. The Kier molecular flexibility index (Phi) is 5.05. The molecule has 0 fully saturated rings. The number of rotatable bonds is 6. The molecule has 142 valence electrons.